The van der Waals surface area contributed by atoms with Gasteiger partial charge in [0.25, 0.3) is 0 Å². The molecule has 18 heavy (non-hydrogen) atoms. The lowest BCUT2D eigenvalue weighted by Crippen LogP contribution is -2.48. The summed E-state index contributed by atoms with van der Waals surface area (Å²) in [7, 11) is 5.84. The Balaban J connectivity index is 2.05. The molecule has 0 aromatic rings. The first-order valence-corrected chi connectivity index (χ1v) is 6.77. The summed E-state index contributed by atoms with van der Waals surface area (Å²) in [6.07, 6.45) is 1.09. The molecule has 2 rings (SSSR count). The van der Waals surface area contributed by atoms with E-state index in [1.807, 2.05) is 19.0 Å². The van der Waals surface area contributed by atoms with Gasteiger partial charge in [-0.25, -0.2) is 4.79 Å². The molecule has 0 aromatic carbocycles. The van der Waals surface area contributed by atoms with Gasteiger partial charge in [0.2, 0.25) is 0 Å². The third kappa shape index (κ3) is 2.21. The van der Waals surface area contributed by atoms with Crippen molar-refractivity contribution in [3.8, 4) is 0 Å². The van der Waals surface area contributed by atoms with Crippen LogP contribution in [0.3, 0.4) is 0 Å². The normalized spacial score (nSPS) is 29.8. The fourth-order valence-electron chi connectivity index (χ4n) is 3.06. The molecule has 0 aliphatic carbocycles. The Kier molecular flexibility index (Phi) is 3.56. The molecular formula is C13H26N4O. The summed E-state index contributed by atoms with van der Waals surface area (Å²) in [6.45, 7) is 8.33. The molecule has 0 bridgehead atoms. The molecule has 2 fully saturated rings. The van der Waals surface area contributed by atoms with Crippen LogP contribution in [0.15, 0.2) is 0 Å². The van der Waals surface area contributed by atoms with Gasteiger partial charge in [-0.1, -0.05) is 0 Å². The Morgan fingerprint density at radius 1 is 1.28 bits per heavy atom. The maximum absolute atomic E-state index is 12.0. The first-order chi connectivity index (χ1) is 8.35. The van der Waals surface area contributed by atoms with E-state index in [4.69, 9.17) is 0 Å². The number of carbonyl (C=O) groups is 1. The summed E-state index contributed by atoms with van der Waals surface area (Å²) in [5.74, 6) is 0. The molecule has 2 heterocycles. The predicted molar refractivity (Wildman–Crippen MR) is 72.5 cm³/mol. The largest absolute Gasteiger partial charge is 0.331 e. The zero-order valence-electron chi connectivity index (χ0n) is 12.3. The van der Waals surface area contributed by atoms with Crippen LogP contribution >= 0.6 is 0 Å². The Morgan fingerprint density at radius 2 is 1.94 bits per heavy atom. The van der Waals surface area contributed by atoms with Gasteiger partial charge < -0.3 is 9.80 Å². The van der Waals surface area contributed by atoms with Crippen molar-refractivity contribution in [2.45, 2.75) is 31.8 Å². The van der Waals surface area contributed by atoms with Crippen molar-refractivity contribution in [1.29, 1.82) is 0 Å². The topological polar surface area (TPSA) is 30.0 Å². The second-order valence-corrected chi connectivity index (χ2v) is 6.25. The molecule has 5 heteroatoms. The number of carbonyl (C=O) groups excluding carboxylic acids is 1. The first-order valence-electron chi connectivity index (χ1n) is 6.77. The van der Waals surface area contributed by atoms with Crippen molar-refractivity contribution < 1.29 is 4.79 Å². The SMILES string of the molecule is CC(C)N1CN(C)C2(CCN(C(=O)N(C)C)C2)C1. The highest BCUT2D eigenvalue weighted by atomic mass is 16.2. The Morgan fingerprint density at radius 3 is 2.44 bits per heavy atom. The summed E-state index contributed by atoms with van der Waals surface area (Å²) >= 11 is 0. The summed E-state index contributed by atoms with van der Waals surface area (Å²) in [4.78, 5) is 20.6. The van der Waals surface area contributed by atoms with Crippen LogP contribution in [0.25, 0.3) is 0 Å². The molecule has 0 N–H and O–H groups in total. The minimum atomic E-state index is 0.142. The number of likely N-dealkylation sites (N-methyl/N-ethyl adjacent to an activating group) is 1. The molecule has 5 nitrogen and oxygen atoms in total. The molecule has 1 spiro atoms. The second-order valence-electron chi connectivity index (χ2n) is 6.25. The third-order valence-corrected chi connectivity index (χ3v) is 4.42. The standard InChI is InChI=1S/C13H26N4O/c1-11(2)17-9-13(15(5)10-17)6-7-16(8-13)12(18)14(3)4/h11H,6-10H2,1-5H3. The Labute approximate surface area is 110 Å². The van der Waals surface area contributed by atoms with Gasteiger partial charge in [0.1, 0.15) is 0 Å². The van der Waals surface area contributed by atoms with Gasteiger partial charge in [0.05, 0.1) is 12.2 Å². The van der Waals surface area contributed by atoms with Gasteiger partial charge in [-0.2, -0.15) is 0 Å². The van der Waals surface area contributed by atoms with Crippen LogP contribution in [0.4, 0.5) is 4.79 Å². The monoisotopic (exact) mass is 254 g/mol. The first kappa shape index (κ1) is 13.6. The zero-order chi connectivity index (χ0) is 13.5. The van der Waals surface area contributed by atoms with E-state index >= 15 is 0 Å². The molecule has 1 atom stereocenters. The van der Waals surface area contributed by atoms with Crippen molar-refractivity contribution >= 4 is 6.03 Å². The van der Waals surface area contributed by atoms with E-state index < -0.39 is 0 Å². The lowest BCUT2D eigenvalue weighted by Gasteiger charge is -2.31. The molecule has 2 saturated heterocycles. The van der Waals surface area contributed by atoms with Gasteiger partial charge in [-0.3, -0.25) is 9.80 Å². The predicted octanol–water partition coefficient (Wildman–Crippen LogP) is 0.726. The second kappa shape index (κ2) is 4.70. The number of nitrogens with zero attached hydrogens (tertiary/aromatic N) is 4. The number of likely N-dealkylation sites (tertiary alicyclic amines) is 1. The van der Waals surface area contributed by atoms with Gasteiger partial charge >= 0.3 is 6.03 Å². The maximum Gasteiger partial charge on any atom is 0.319 e. The van der Waals surface area contributed by atoms with E-state index in [9.17, 15) is 4.79 Å². The highest BCUT2D eigenvalue weighted by molar-refractivity contribution is 5.74. The van der Waals surface area contributed by atoms with E-state index in [0.29, 0.717) is 6.04 Å². The van der Waals surface area contributed by atoms with Gasteiger partial charge in [-0.15, -0.1) is 0 Å². The van der Waals surface area contributed by atoms with E-state index in [1.165, 1.54) is 0 Å². The number of amides is 2. The quantitative estimate of drug-likeness (QED) is 0.691. The van der Waals surface area contributed by atoms with E-state index in [2.05, 4.69) is 30.7 Å². The van der Waals surface area contributed by atoms with Crippen molar-refractivity contribution in [2.24, 2.45) is 0 Å². The molecule has 2 aliphatic heterocycles. The van der Waals surface area contributed by atoms with Crippen LogP contribution in [0.2, 0.25) is 0 Å². The molecule has 104 valence electrons. The summed E-state index contributed by atoms with van der Waals surface area (Å²) in [6, 6.07) is 0.716. The lowest BCUT2D eigenvalue weighted by atomic mass is 9.98. The molecule has 1 unspecified atom stereocenters. The zero-order valence-corrected chi connectivity index (χ0v) is 12.3. The molecule has 2 aliphatic rings. The number of hydrogen-bond acceptors (Lipinski definition) is 3. The maximum atomic E-state index is 12.0. The molecule has 0 radical (unpaired) electrons. The van der Waals surface area contributed by atoms with Crippen LogP contribution in [0.5, 0.6) is 0 Å². The third-order valence-electron chi connectivity index (χ3n) is 4.42. The molecule has 0 saturated carbocycles. The van der Waals surface area contributed by atoms with Crippen molar-refractivity contribution in [1.82, 2.24) is 19.6 Å². The molecule has 0 aromatic heterocycles. The van der Waals surface area contributed by atoms with Crippen LogP contribution in [-0.2, 0) is 0 Å². The van der Waals surface area contributed by atoms with E-state index in [1.54, 1.807) is 4.90 Å². The van der Waals surface area contributed by atoms with Crippen LogP contribution in [0.1, 0.15) is 20.3 Å². The van der Waals surface area contributed by atoms with Crippen LogP contribution < -0.4 is 0 Å². The molecular weight excluding hydrogens is 228 g/mol. The summed E-state index contributed by atoms with van der Waals surface area (Å²) in [5, 5.41) is 0. The summed E-state index contributed by atoms with van der Waals surface area (Å²) < 4.78 is 0. The average Bonchev–Trinajstić information content (AvgIpc) is 2.85. The lowest BCUT2D eigenvalue weighted by molar-refractivity contribution is 0.160. The fraction of sp³-hybridized carbons (Fsp3) is 0.923. The Bertz CT molecular complexity index is 331. The average molecular weight is 254 g/mol. The smallest absolute Gasteiger partial charge is 0.319 e. The van der Waals surface area contributed by atoms with Gasteiger partial charge in [0.15, 0.2) is 0 Å². The van der Waals surface area contributed by atoms with Crippen molar-refractivity contribution in [3.63, 3.8) is 0 Å². The van der Waals surface area contributed by atoms with Crippen molar-refractivity contribution in [3.05, 3.63) is 0 Å². The highest BCUT2D eigenvalue weighted by Crippen LogP contribution is 2.33. The minimum Gasteiger partial charge on any atom is -0.331 e. The number of hydrogen-bond donors (Lipinski definition) is 0. The number of rotatable bonds is 1. The Hall–Kier alpha value is -0.810. The number of urea groups is 1. The van der Waals surface area contributed by atoms with Gasteiger partial charge in [-0.05, 0) is 27.3 Å². The minimum absolute atomic E-state index is 0.142. The fourth-order valence-corrected chi connectivity index (χ4v) is 3.06. The van der Waals surface area contributed by atoms with Crippen LogP contribution in [-0.4, -0.2) is 84.7 Å². The van der Waals surface area contributed by atoms with Crippen molar-refractivity contribution in [2.75, 3.05) is 47.4 Å². The highest BCUT2D eigenvalue weighted by Gasteiger charge is 2.48. The van der Waals surface area contributed by atoms with E-state index in [-0.39, 0.29) is 11.6 Å². The van der Waals surface area contributed by atoms with Crippen LogP contribution in [0, 0.1) is 0 Å². The summed E-state index contributed by atoms with van der Waals surface area (Å²) in [5.41, 5.74) is 0.177. The van der Waals surface area contributed by atoms with Gasteiger partial charge in [0, 0.05) is 39.8 Å². The molecule has 2 amide bonds. The van der Waals surface area contributed by atoms with E-state index in [0.717, 1.165) is 32.7 Å².